The van der Waals surface area contributed by atoms with Gasteiger partial charge in [0, 0.05) is 16.4 Å². The molecule has 82 valence electrons. The van der Waals surface area contributed by atoms with E-state index in [1.54, 1.807) is 13.2 Å². The van der Waals surface area contributed by atoms with Crippen LogP contribution in [0.4, 0.5) is 10.5 Å². The first-order valence-electron chi connectivity index (χ1n) is 4.40. The third kappa shape index (κ3) is 4.98. The highest BCUT2D eigenvalue weighted by Crippen LogP contribution is 2.12. The minimum Gasteiger partial charge on any atom is -0.447 e. The van der Waals surface area contributed by atoms with E-state index in [1.165, 1.54) is 0 Å². The number of carbonyl (C=O) groups is 1. The molecule has 0 aliphatic rings. The number of hydrogen-bond donors (Lipinski definition) is 1. The minimum absolute atomic E-state index is 0.256. The first-order valence-corrected chi connectivity index (χ1v) is 5.48. The molecule has 0 atom stereocenters. The molecule has 1 aromatic rings. The summed E-state index contributed by atoms with van der Waals surface area (Å²) in [6.45, 7) is 0.659. The van der Waals surface area contributed by atoms with Gasteiger partial charge in [0.2, 0.25) is 0 Å². The number of rotatable bonds is 4. The van der Waals surface area contributed by atoms with Gasteiger partial charge in [0.25, 0.3) is 0 Å². The van der Waals surface area contributed by atoms with Gasteiger partial charge >= 0.3 is 6.09 Å². The van der Waals surface area contributed by atoms with Gasteiger partial charge in [-0.15, -0.1) is 0 Å². The molecule has 0 spiro atoms. The molecule has 0 aromatic heterocycles. The Hall–Kier alpha value is -0.820. The Bertz CT molecular complexity index is 330. The lowest BCUT2D eigenvalue weighted by atomic mass is 10.3. The Kier molecular flexibility index (Phi) is 5.41. The maximum atomic E-state index is 11.2. The maximum Gasteiger partial charge on any atom is 0.411 e. The van der Waals surface area contributed by atoms with Crippen molar-refractivity contribution in [3.63, 3.8) is 0 Å². The van der Waals surface area contributed by atoms with E-state index in [-0.39, 0.29) is 6.61 Å². The second-order valence-corrected chi connectivity index (χ2v) is 4.01. The van der Waals surface area contributed by atoms with Crippen molar-refractivity contribution in [3.8, 4) is 0 Å². The van der Waals surface area contributed by atoms with Crippen molar-refractivity contribution in [2.24, 2.45) is 0 Å². The number of carbonyl (C=O) groups excluding carboxylic acids is 1. The Balaban J connectivity index is 2.37. The quantitative estimate of drug-likeness (QED) is 0.685. The van der Waals surface area contributed by atoms with E-state index >= 15 is 0 Å². The molecule has 1 amide bonds. The number of methoxy groups -OCH3 is 1. The van der Waals surface area contributed by atoms with Gasteiger partial charge < -0.3 is 9.47 Å². The van der Waals surface area contributed by atoms with Crippen LogP contribution in [0.3, 0.4) is 0 Å². The lowest BCUT2D eigenvalue weighted by molar-refractivity contribution is 0.107. The van der Waals surface area contributed by atoms with Crippen molar-refractivity contribution in [1.29, 1.82) is 0 Å². The lowest BCUT2D eigenvalue weighted by Gasteiger charge is -2.06. The summed E-state index contributed by atoms with van der Waals surface area (Å²) in [6, 6.07) is 7.48. The monoisotopic (exact) mass is 321 g/mol. The number of halogens is 1. The van der Waals surface area contributed by atoms with E-state index in [2.05, 4.69) is 27.9 Å². The molecule has 15 heavy (non-hydrogen) atoms. The molecule has 5 heteroatoms. The first kappa shape index (κ1) is 12.3. The molecule has 0 unspecified atom stereocenters. The highest BCUT2D eigenvalue weighted by Gasteiger charge is 2.02. The zero-order valence-corrected chi connectivity index (χ0v) is 10.5. The normalized spacial score (nSPS) is 9.73. The van der Waals surface area contributed by atoms with Crippen molar-refractivity contribution >= 4 is 34.4 Å². The fourth-order valence-electron chi connectivity index (χ4n) is 0.938. The van der Waals surface area contributed by atoms with Crippen molar-refractivity contribution in [2.45, 2.75) is 0 Å². The van der Waals surface area contributed by atoms with Crippen LogP contribution >= 0.6 is 22.6 Å². The molecule has 0 saturated carbocycles. The highest BCUT2D eigenvalue weighted by molar-refractivity contribution is 14.1. The Morgan fingerprint density at radius 3 is 2.93 bits per heavy atom. The second kappa shape index (κ2) is 6.62. The van der Waals surface area contributed by atoms with E-state index in [0.29, 0.717) is 6.61 Å². The Morgan fingerprint density at radius 2 is 2.27 bits per heavy atom. The summed E-state index contributed by atoms with van der Waals surface area (Å²) in [5.41, 5.74) is 0.726. The van der Waals surface area contributed by atoms with Crippen LogP contribution in [0, 0.1) is 3.57 Å². The van der Waals surface area contributed by atoms with Crippen LogP contribution < -0.4 is 5.32 Å². The van der Waals surface area contributed by atoms with Crippen molar-refractivity contribution in [1.82, 2.24) is 0 Å². The van der Waals surface area contributed by atoms with Gasteiger partial charge in [-0.1, -0.05) is 6.07 Å². The predicted octanol–water partition coefficient (Wildman–Crippen LogP) is 2.49. The van der Waals surface area contributed by atoms with Gasteiger partial charge in [-0.05, 0) is 40.8 Å². The average molecular weight is 321 g/mol. The van der Waals surface area contributed by atoms with Crippen LogP contribution in [0.15, 0.2) is 24.3 Å². The molecular weight excluding hydrogens is 309 g/mol. The van der Waals surface area contributed by atoms with Gasteiger partial charge in [0.05, 0.1) is 6.61 Å². The predicted molar refractivity (Wildman–Crippen MR) is 66.0 cm³/mol. The fraction of sp³-hybridized carbons (Fsp3) is 0.300. The zero-order valence-electron chi connectivity index (χ0n) is 8.33. The second-order valence-electron chi connectivity index (χ2n) is 2.76. The Labute approximate surface area is 102 Å². The zero-order chi connectivity index (χ0) is 11.1. The van der Waals surface area contributed by atoms with E-state index < -0.39 is 6.09 Å². The molecule has 1 rings (SSSR count). The molecule has 0 aliphatic heterocycles. The fourth-order valence-corrected chi connectivity index (χ4v) is 1.48. The summed E-state index contributed by atoms with van der Waals surface area (Å²) >= 11 is 2.17. The van der Waals surface area contributed by atoms with Gasteiger partial charge in [0.1, 0.15) is 6.61 Å². The number of ether oxygens (including phenoxy) is 2. The molecule has 0 radical (unpaired) electrons. The van der Waals surface area contributed by atoms with Crippen LogP contribution in [-0.4, -0.2) is 26.4 Å². The van der Waals surface area contributed by atoms with Crippen molar-refractivity contribution in [3.05, 3.63) is 27.8 Å². The molecule has 0 heterocycles. The summed E-state index contributed by atoms with van der Waals surface area (Å²) in [5, 5.41) is 2.62. The van der Waals surface area contributed by atoms with Crippen LogP contribution in [0.2, 0.25) is 0 Å². The smallest absolute Gasteiger partial charge is 0.411 e. The Morgan fingerprint density at radius 1 is 1.47 bits per heavy atom. The molecule has 0 bridgehead atoms. The molecule has 0 saturated heterocycles. The maximum absolute atomic E-state index is 11.2. The number of hydrogen-bond acceptors (Lipinski definition) is 3. The third-order valence-electron chi connectivity index (χ3n) is 1.59. The van der Waals surface area contributed by atoms with E-state index in [4.69, 9.17) is 9.47 Å². The molecule has 4 nitrogen and oxygen atoms in total. The highest BCUT2D eigenvalue weighted by atomic mass is 127. The van der Waals surface area contributed by atoms with E-state index in [1.807, 2.05) is 18.2 Å². The van der Waals surface area contributed by atoms with Gasteiger partial charge in [-0.3, -0.25) is 5.32 Å². The van der Waals surface area contributed by atoms with Gasteiger partial charge in [-0.2, -0.15) is 0 Å². The summed E-state index contributed by atoms with van der Waals surface area (Å²) in [5.74, 6) is 0. The minimum atomic E-state index is -0.464. The molecule has 1 N–H and O–H groups in total. The number of amides is 1. The van der Waals surface area contributed by atoms with Gasteiger partial charge in [-0.25, -0.2) is 4.79 Å². The van der Waals surface area contributed by atoms with Crippen LogP contribution in [-0.2, 0) is 9.47 Å². The van der Waals surface area contributed by atoms with Crippen molar-refractivity contribution < 1.29 is 14.3 Å². The van der Waals surface area contributed by atoms with Crippen LogP contribution in [0.1, 0.15) is 0 Å². The van der Waals surface area contributed by atoms with E-state index in [9.17, 15) is 4.79 Å². The summed E-state index contributed by atoms with van der Waals surface area (Å²) in [4.78, 5) is 11.2. The average Bonchev–Trinajstić information content (AvgIpc) is 2.18. The standard InChI is InChI=1S/C10H12INO3/c1-14-5-6-15-10(13)12-9-4-2-3-8(11)7-9/h2-4,7H,5-6H2,1H3,(H,12,13). The van der Waals surface area contributed by atoms with Gasteiger partial charge in [0.15, 0.2) is 0 Å². The summed E-state index contributed by atoms with van der Waals surface area (Å²) in [6.07, 6.45) is -0.464. The van der Waals surface area contributed by atoms with Crippen molar-refractivity contribution in [2.75, 3.05) is 25.6 Å². The first-order chi connectivity index (χ1) is 7.22. The number of anilines is 1. The van der Waals surface area contributed by atoms with E-state index in [0.717, 1.165) is 9.26 Å². The molecular formula is C10H12INO3. The van der Waals surface area contributed by atoms with Crippen LogP contribution in [0.25, 0.3) is 0 Å². The summed E-state index contributed by atoms with van der Waals surface area (Å²) < 4.78 is 10.7. The topological polar surface area (TPSA) is 47.6 Å². The lowest BCUT2D eigenvalue weighted by Crippen LogP contribution is -2.16. The SMILES string of the molecule is COCCOC(=O)Nc1cccc(I)c1. The third-order valence-corrected chi connectivity index (χ3v) is 2.26. The molecule has 0 aliphatic carbocycles. The summed E-state index contributed by atoms with van der Waals surface area (Å²) in [7, 11) is 1.56. The van der Waals surface area contributed by atoms with Crippen LogP contribution in [0.5, 0.6) is 0 Å². The molecule has 0 fully saturated rings. The number of benzene rings is 1. The number of nitrogens with one attached hydrogen (secondary N) is 1. The largest absolute Gasteiger partial charge is 0.447 e. The molecule has 1 aromatic carbocycles.